The summed E-state index contributed by atoms with van der Waals surface area (Å²) >= 11 is 1.44. The molecule has 2 heterocycles. The number of ether oxygens (including phenoxy) is 1. The Kier molecular flexibility index (Phi) is 3.94. The Morgan fingerprint density at radius 2 is 2.10 bits per heavy atom. The lowest BCUT2D eigenvalue weighted by Gasteiger charge is -2.35. The molecule has 21 heavy (non-hydrogen) atoms. The van der Waals surface area contributed by atoms with Crippen LogP contribution in [0.3, 0.4) is 0 Å². The second kappa shape index (κ2) is 5.87. The van der Waals surface area contributed by atoms with Crippen molar-refractivity contribution in [2.75, 3.05) is 19.7 Å². The van der Waals surface area contributed by atoms with Crippen LogP contribution in [0, 0.1) is 0 Å². The van der Waals surface area contributed by atoms with E-state index in [1.165, 1.54) is 11.3 Å². The Hall–Kier alpha value is -1.85. The first-order chi connectivity index (χ1) is 10.2. The van der Waals surface area contributed by atoms with Crippen molar-refractivity contribution in [3.63, 3.8) is 0 Å². The van der Waals surface area contributed by atoms with E-state index in [1.807, 2.05) is 43.3 Å². The summed E-state index contributed by atoms with van der Waals surface area (Å²) in [5, 5.41) is 9.35. The average Bonchev–Trinajstić information content (AvgIpc) is 2.89. The summed E-state index contributed by atoms with van der Waals surface area (Å²) in [4.78, 5) is 15.7. The minimum Gasteiger partial charge on any atom is -0.492 e. The smallest absolute Gasteiger partial charge is 0.267 e. The van der Waals surface area contributed by atoms with E-state index < -0.39 is 6.10 Å². The third-order valence-corrected chi connectivity index (χ3v) is 4.55. The number of thiophene rings is 1. The molecule has 0 bridgehead atoms. The number of nitrogens with zero attached hydrogens (tertiary/aromatic N) is 1. The van der Waals surface area contributed by atoms with E-state index in [2.05, 4.69) is 0 Å². The molecule has 4 nitrogen and oxygen atoms in total. The molecule has 1 aliphatic rings. The number of hydrogen-bond donors (Lipinski definition) is 1. The van der Waals surface area contributed by atoms with E-state index in [9.17, 15) is 9.90 Å². The van der Waals surface area contributed by atoms with Crippen molar-refractivity contribution in [1.82, 2.24) is 4.90 Å². The lowest BCUT2D eigenvalue weighted by atomic mass is 10.1. The summed E-state index contributed by atoms with van der Waals surface area (Å²) in [6.07, 6.45) is -0.391. The number of carbonyl (C=O) groups excluding carboxylic acids is 1. The lowest BCUT2D eigenvalue weighted by Crippen LogP contribution is -2.53. The molecular formula is C16H17NO3S. The first-order valence-corrected chi connectivity index (χ1v) is 7.80. The molecule has 0 unspecified atom stereocenters. The van der Waals surface area contributed by atoms with Crippen LogP contribution in [0.25, 0.3) is 10.4 Å². The highest BCUT2D eigenvalue weighted by atomic mass is 32.1. The zero-order chi connectivity index (χ0) is 14.8. The van der Waals surface area contributed by atoms with Gasteiger partial charge in [-0.05, 0) is 18.6 Å². The number of likely N-dealkylation sites (tertiary alicyclic amines) is 1. The first-order valence-electron chi connectivity index (χ1n) is 6.98. The predicted molar refractivity (Wildman–Crippen MR) is 82.8 cm³/mol. The molecule has 0 atom stereocenters. The number of benzene rings is 1. The molecule has 1 fully saturated rings. The summed E-state index contributed by atoms with van der Waals surface area (Å²) in [5.41, 5.74) is 1.08. The number of carbonyl (C=O) groups is 1. The number of β-amino-alcohol motifs (C(OH)–C–C–N with tert-alkyl or cyclic N) is 1. The maximum atomic E-state index is 12.5. The van der Waals surface area contributed by atoms with Gasteiger partial charge in [-0.3, -0.25) is 4.79 Å². The molecule has 0 aliphatic carbocycles. The molecule has 1 aromatic carbocycles. The van der Waals surface area contributed by atoms with Gasteiger partial charge < -0.3 is 14.7 Å². The largest absolute Gasteiger partial charge is 0.492 e. The molecule has 2 aromatic rings. The van der Waals surface area contributed by atoms with Crippen LogP contribution in [0.2, 0.25) is 0 Å². The van der Waals surface area contributed by atoms with Crippen LogP contribution in [0.4, 0.5) is 0 Å². The number of aliphatic hydroxyl groups excluding tert-OH is 1. The van der Waals surface area contributed by atoms with Crippen molar-refractivity contribution in [1.29, 1.82) is 0 Å². The quantitative estimate of drug-likeness (QED) is 0.944. The summed E-state index contributed by atoms with van der Waals surface area (Å²) < 4.78 is 5.61. The van der Waals surface area contributed by atoms with Gasteiger partial charge in [0.05, 0.1) is 12.7 Å². The van der Waals surface area contributed by atoms with Crippen molar-refractivity contribution < 1.29 is 14.6 Å². The number of rotatable bonds is 4. The third-order valence-electron chi connectivity index (χ3n) is 3.40. The minimum atomic E-state index is -0.391. The fourth-order valence-electron chi connectivity index (χ4n) is 2.30. The maximum Gasteiger partial charge on any atom is 0.267 e. The fourth-order valence-corrected chi connectivity index (χ4v) is 3.37. The Bertz CT molecular complexity index is 632. The highest BCUT2D eigenvalue weighted by Gasteiger charge is 2.32. The molecule has 1 aliphatic heterocycles. The van der Waals surface area contributed by atoms with Crippen LogP contribution in [-0.4, -0.2) is 41.7 Å². The van der Waals surface area contributed by atoms with Gasteiger partial charge in [-0.15, -0.1) is 11.3 Å². The van der Waals surface area contributed by atoms with Gasteiger partial charge in [-0.25, -0.2) is 0 Å². The second-order valence-corrected chi connectivity index (χ2v) is 6.02. The predicted octanol–water partition coefficient (Wildman–Crippen LogP) is 2.63. The Morgan fingerprint density at radius 3 is 2.71 bits per heavy atom. The summed E-state index contributed by atoms with van der Waals surface area (Å²) in [7, 11) is 0. The highest BCUT2D eigenvalue weighted by molar-refractivity contribution is 7.17. The van der Waals surface area contributed by atoms with Gasteiger partial charge in [0.15, 0.2) is 0 Å². The molecule has 0 radical (unpaired) electrons. The van der Waals surface area contributed by atoms with Crippen LogP contribution in [0.15, 0.2) is 36.4 Å². The zero-order valence-electron chi connectivity index (χ0n) is 11.8. The van der Waals surface area contributed by atoms with E-state index in [4.69, 9.17) is 4.74 Å². The van der Waals surface area contributed by atoms with E-state index in [-0.39, 0.29) is 5.91 Å². The van der Waals surface area contributed by atoms with Crippen molar-refractivity contribution in [2.24, 2.45) is 0 Å². The van der Waals surface area contributed by atoms with E-state index in [0.29, 0.717) is 30.3 Å². The molecule has 1 saturated heterocycles. The van der Waals surface area contributed by atoms with Gasteiger partial charge in [0, 0.05) is 18.0 Å². The van der Waals surface area contributed by atoms with Crippen LogP contribution < -0.4 is 4.74 Å². The molecule has 5 heteroatoms. The second-order valence-electron chi connectivity index (χ2n) is 4.97. The molecule has 1 aromatic heterocycles. The molecule has 1 N–H and O–H groups in total. The van der Waals surface area contributed by atoms with Crippen LogP contribution >= 0.6 is 11.3 Å². The lowest BCUT2D eigenvalue weighted by molar-refractivity contribution is 0.00602. The van der Waals surface area contributed by atoms with Gasteiger partial charge in [-0.2, -0.15) is 0 Å². The monoisotopic (exact) mass is 303 g/mol. The Balaban J connectivity index is 1.91. The molecule has 110 valence electrons. The minimum absolute atomic E-state index is 0.0593. The van der Waals surface area contributed by atoms with Crippen LogP contribution in [0.5, 0.6) is 5.75 Å². The van der Waals surface area contributed by atoms with Crippen LogP contribution in [-0.2, 0) is 0 Å². The Labute approximate surface area is 127 Å². The van der Waals surface area contributed by atoms with Crippen molar-refractivity contribution >= 4 is 17.2 Å². The van der Waals surface area contributed by atoms with E-state index in [0.717, 1.165) is 10.4 Å². The van der Waals surface area contributed by atoms with Gasteiger partial charge >= 0.3 is 0 Å². The highest BCUT2D eigenvalue weighted by Crippen LogP contribution is 2.37. The van der Waals surface area contributed by atoms with Crippen LogP contribution in [0.1, 0.15) is 16.6 Å². The number of aliphatic hydroxyl groups is 1. The standard InChI is InChI=1S/C16H17NO3S/c1-2-20-13-8-14(11-6-4-3-5-7-11)21-15(13)16(19)17-9-12(18)10-17/h3-8,12,18H,2,9-10H2,1H3. The van der Waals surface area contributed by atoms with Crippen molar-refractivity contribution in [2.45, 2.75) is 13.0 Å². The summed E-state index contributed by atoms with van der Waals surface area (Å²) in [6.45, 7) is 3.24. The molecule has 3 rings (SSSR count). The fraction of sp³-hybridized carbons (Fsp3) is 0.312. The van der Waals surface area contributed by atoms with Gasteiger partial charge in [-0.1, -0.05) is 30.3 Å². The van der Waals surface area contributed by atoms with Gasteiger partial charge in [0.1, 0.15) is 10.6 Å². The topological polar surface area (TPSA) is 49.8 Å². The van der Waals surface area contributed by atoms with E-state index in [1.54, 1.807) is 4.90 Å². The summed E-state index contributed by atoms with van der Waals surface area (Å²) in [5.74, 6) is 0.573. The molecule has 1 amide bonds. The summed E-state index contributed by atoms with van der Waals surface area (Å²) in [6, 6.07) is 11.9. The number of hydrogen-bond acceptors (Lipinski definition) is 4. The van der Waals surface area contributed by atoms with E-state index >= 15 is 0 Å². The molecule has 0 saturated carbocycles. The van der Waals surface area contributed by atoms with Gasteiger partial charge in [0.2, 0.25) is 0 Å². The normalized spacial score (nSPS) is 14.9. The van der Waals surface area contributed by atoms with Crippen molar-refractivity contribution in [3.8, 4) is 16.2 Å². The maximum absolute atomic E-state index is 12.5. The van der Waals surface area contributed by atoms with Gasteiger partial charge in [0.25, 0.3) is 5.91 Å². The molecule has 0 spiro atoms. The molecular weight excluding hydrogens is 286 g/mol. The number of amides is 1. The first kappa shape index (κ1) is 14.1. The third kappa shape index (κ3) is 2.80. The average molecular weight is 303 g/mol. The zero-order valence-corrected chi connectivity index (χ0v) is 12.6. The Morgan fingerprint density at radius 1 is 1.38 bits per heavy atom. The SMILES string of the molecule is CCOc1cc(-c2ccccc2)sc1C(=O)N1CC(O)C1. The van der Waals surface area contributed by atoms with Crippen molar-refractivity contribution in [3.05, 3.63) is 41.3 Å².